The third-order valence-electron chi connectivity index (χ3n) is 4.70. The molecule has 0 spiro atoms. The van der Waals surface area contributed by atoms with Gasteiger partial charge in [0.25, 0.3) is 0 Å². The van der Waals surface area contributed by atoms with Crippen molar-refractivity contribution in [1.82, 2.24) is 5.32 Å². The van der Waals surface area contributed by atoms with E-state index in [1.54, 1.807) is 0 Å². The van der Waals surface area contributed by atoms with E-state index in [0.717, 1.165) is 30.2 Å². The maximum absolute atomic E-state index is 12.2. The SMILES string of the molecule is CC(C)C1CCC(NC(=O)[C@@H](N)Cc2ccccc2)CC1.Cl. The molecule has 1 atom stereocenters. The summed E-state index contributed by atoms with van der Waals surface area (Å²) in [6, 6.07) is 9.83. The number of hydrogen-bond donors (Lipinski definition) is 2. The number of halogens is 1. The predicted molar refractivity (Wildman–Crippen MR) is 94.1 cm³/mol. The van der Waals surface area contributed by atoms with E-state index in [-0.39, 0.29) is 18.3 Å². The maximum Gasteiger partial charge on any atom is 0.237 e. The molecule has 0 radical (unpaired) electrons. The normalized spacial score (nSPS) is 22.7. The van der Waals surface area contributed by atoms with Gasteiger partial charge in [0.15, 0.2) is 0 Å². The molecule has 3 N–H and O–H groups in total. The average molecular weight is 325 g/mol. The molecule has 124 valence electrons. The fourth-order valence-corrected chi connectivity index (χ4v) is 3.20. The number of amides is 1. The van der Waals surface area contributed by atoms with Crippen molar-refractivity contribution in [2.75, 3.05) is 0 Å². The van der Waals surface area contributed by atoms with Crippen molar-refractivity contribution in [2.45, 2.75) is 58.0 Å². The molecule has 3 nitrogen and oxygen atoms in total. The van der Waals surface area contributed by atoms with E-state index < -0.39 is 6.04 Å². The minimum Gasteiger partial charge on any atom is -0.352 e. The molecular weight excluding hydrogens is 296 g/mol. The summed E-state index contributed by atoms with van der Waals surface area (Å²) < 4.78 is 0. The highest BCUT2D eigenvalue weighted by Gasteiger charge is 2.25. The molecule has 22 heavy (non-hydrogen) atoms. The zero-order valence-corrected chi connectivity index (χ0v) is 14.4. The molecule has 1 aromatic carbocycles. The first kappa shape index (κ1) is 19.0. The van der Waals surface area contributed by atoms with Gasteiger partial charge in [0.1, 0.15) is 0 Å². The van der Waals surface area contributed by atoms with Gasteiger partial charge in [-0.2, -0.15) is 0 Å². The lowest BCUT2D eigenvalue weighted by atomic mass is 9.79. The Balaban J connectivity index is 0.00000242. The molecule has 0 heterocycles. The molecule has 1 aliphatic carbocycles. The highest BCUT2D eigenvalue weighted by atomic mass is 35.5. The molecule has 0 aromatic heterocycles. The van der Waals surface area contributed by atoms with Crippen LogP contribution in [0.25, 0.3) is 0 Å². The Kier molecular flexibility index (Phi) is 7.91. The lowest BCUT2D eigenvalue weighted by Gasteiger charge is -2.31. The first-order valence-electron chi connectivity index (χ1n) is 8.16. The van der Waals surface area contributed by atoms with Crippen LogP contribution in [-0.2, 0) is 11.2 Å². The Hall–Kier alpha value is -1.06. The number of benzene rings is 1. The van der Waals surface area contributed by atoms with Crippen LogP contribution >= 0.6 is 12.4 Å². The summed E-state index contributed by atoms with van der Waals surface area (Å²) in [5.41, 5.74) is 7.14. The monoisotopic (exact) mass is 324 g/mol. The summed E-state index contributed by atoms with van der Waals surface area (Å²) in [5.74, 6) is 1.56. The number of hydrogen-bond acceptors (Lipinski definition) is 2. The second-order valence-electron chi connectivity index (χ2n) is 6.66. The smallest absolute Gasteiger partial charge is 0.237 e. The van der Waals surface area contributed by atoms with E-state index in [0.29, 0.717) is 12.5 Å². The third-order valence-corrected chi connectivity index (χ3v) is 4.70. The van der Waals surface area contributed by atoms with Gasteiger partial charge < -0.3 is 11.1 Å². The van der Waals surface area contributed by atoms with Crippen molar-refractivity contribution in [3.05, 3.63) is 35.9 Å². The highest BCUT2D eigenvalue weighted by Crippen LogP contribution is 2.29. The van der Waals surface area contributed by atoms with Crippen LogP contribution in [0.1, 0.15) is 45.1 Å². The van der Waals surface area contributed by atoms with Crippen molar-refractivity contribution in [1.29, 1.82) is 0 Å². The molecule has 0 saturated heterocycles. The second kappa shape index (κ2) is 9.16. The minimum absolute atomic E-state index is 0. The molecule has 0 bridgehead atoms. The van der Waals surface area contributed by atoms with Crippen LogP contribution in [0.3, 0.4) is 0 Å². The molecule has 1 saturated carbocycles. The summed E-state index contributed by atoms with van der Waals surface area (Å²) in [4.78, 5) is 12.2. The molecule has 1 fully saturated rings. The van der Waals surface area contributed by atoms with E-state index in [2.05, 4.69) is 19.2 Å². The van der Waals surface area contributed by atoms with Crippen LogP contribution in [-0.4, -0.2) is 18.0 Å². The van der Waals surface area contributed by atoms with Crippen LogP contribution in [0.4, 0.5) is 0 Å². The fourth-order valence-electron chi connectivity index (χ4n) is 3.20. The zero-order chi connectivity index (χ0) is 15.2. The fraction of sp³-hybridized carbons (Fsp3) is 0.611. The number of carbonyl (C=O) groups is 1. The Morgan fingerprint density at radius 3 is 2.32 bits per heavy atom. The van der Waals surface area contributed by atoms with Gasteiger partial charge in [0, 0.05) is 6.04 Å². The lowest BCUT2D eigenvalue weighted by molar-refractivity contribution is -0.123. The predicted octanol–water partition coefficient (Wildman–Crippen LogP) is 3.31. The number of nitrogens with one attached hydrogen (secondary N) is 1. The van der Waals surface area contributed by atoms with E-state index in [9.17, 15) is 4.79 Å². The molecule has 1 aliphatic rings. The summed E-state index contributed by atoms with van der Waals surface area (Å²) in [7, 11) is 0. The second-order valence-corrected chi connectivity index (χ2v) is 6.66. The van der Waals surface area contributed by atoms with Crippen LogP contribution < -0.4 is 11.1 Å². The van der Waals surface area contributed by atoms with Crippen LogP contribution in [0.2, 0.25) is 0 Å². The first-order valence-corrected chi connectivity index (χ1v) is 8.16. The average Bonchev–Trinajstić information content (AvgIpc) is 2.48. The Labute approximate surface area is 140 Å². The minimum atomic E-state index is -0.449. The quantitative estimate of drug-likeness (QED) is 0.873. The Morgan fingerprint density at radius 1 is 1.18 bits per heavy atom. The highest BCUT2D eigenvalue weighted by molar-refractivity contribution is 5.85. The molecule has 1 aromatic rings. The lowest BCUT2D eigenvalue weighted by Crippen LogP contribution is -2.47. The van der Waals surface area contributed by atoms with Gasteiger partial charge in [-0.3, -0.25) is 4.79 Å². The third kappa shape index (κ3) is 5.62. The number of carbonyl (C=O) groups excluding carboxylic acids is 1. The summed E-state index contributed by atoms with van der Waals surface area (Å²) >= 11 is 0. The van der Waals surface area contributed by atoms with Gasteiger partial charge in [-0.15, -0.1) is 12.4 Å². The van der Waals surface area contributed by atoms with Crippen LogP contribution in [0.5, 0.6) is 0 Å². The van der Waals surface area contributed by atoms with Crippen molar-refractivity contribution >= 4 is 18.3 Å². The van der Waals surface area contributed by atoms with E-state index in [1.165, 1.54) is 12.8 Å². The van der Waals surface area contributed by atoms with Crippen molar-refractivity contribution in [3.63, 3.8) is 0 Å². The summed E-state index contributed by atoms with van der Waals surface area (Å²) in [5, 5.41) is 3.13. The van der Waals surface area contributed by atoms with E-state index in [4.69, 9.17) is 5.73 Å². The molecule has 0 aliphatic heterocycles. The topological polar surface area (TPSA) is 55.1 Å². The van der Waals surface area contributed by atoms with Crippen LogP contribution in [0, 0.1) is 11.8 Å². The molecule has 1 amide bonds. The van der Waals surface area contributed by atoms with Gasteiger partial charge in [-0.1, -0.05) is 44.2 Å². The zero-order valence-electron chi connectivity index (χ0n) is 13.6. The summed E-state index contributed by atoms with van der Waals surface area (Å²) in [6.07, 6.45) is 5.22. The molecule has 4 heteroatoms. The van der Waals surface area contributed by atoms with Gasteiger partial charge in [0.2, 0.25) is 5.91 Å². The Morgan fingerprint density at radius 2 is 1.77 bits per heavy atom. The van der Waals surface area contributed by atoms with E-state index in [1.807, 2.05) is 30.3 Å². The largest absolute Gasteiger partial charge is 0.352 e. The number of rotatable bonds is 5. The molecule has 2 rings (SSSR count). The standard InChI is InChI=1S/C18H28N2O.ClH/c1-13(2)15-8-10-16(11-9-15)20-18(21)17(19)12-14-6-4-3-5-7-14;/h3-7,13,15-17H,8-12,19H2,1-2H3,(H,20,21);1H/t15?,16?,17-;/m0./s1. The van der Waals surface area contributed by atoms with Gasteiger partial charge in [-0.25, -0.2) is 0 Å². The molecule has 0 unspecified atom stereocenters. The van der Waals surface area contributed by atoms with Gasteiger partial charge in [-0.05, 0) is 49.5 Å². The maximum atomic E-state index is 12.2. The Bertz CT molecular complexity index is 442. The van der Waals surface area contributed by atoms with E-state index >= 15 is 0 Å². The first-order chi connectivity index (χ1) is 10.1. The van der Waals surface area contributed by atoms with Crippen molar-refractivity contribution in [2.24, 2.45) is 17.6 Å². The van der Waals surface area contributed by atoms with Crippen LogP contribution in [0.15, 0.2) is 30.3 Å². The van der Waals surface area contributed by atoms with Gasteiger partial charge in [0.05, 0.1) is 6.04 Å². The number of nitrogens with two attached hydrogens (primary N) is 1. The molecular formula is C18H29ClN2O. The van der Waals surface area contributed by atoms with Crippen molar-refractivity contribution in [3.8, 4) is 0 Å². The van der Waals surface area contributed by atoms with Gasteiger partial charge >= 0.3 is 0 Å². The summed E-state index contributed by atoms with van der Waals surface area (Å²) in [6.45, 7) is 4.58. The van der Waals surface area contributed by atoms with Crippen molar-refractivity contribution < 1.29 is 4.79 Å².